The van der Waals surface area contributed by atoms with Crippen molar-refractivity contribution < 1.29 is 27.1 Å². The molecule has 1 aliphatic heterocycles. The number of rotatable bonds is 11. The van der Waals surface area contributed by atoms with E-state index in [-0.39, 0.29) is 33.3 Å². The average molecular weight is 623 g/mol. The zero-order valence-corrected chi connectivity index (χ0v) is 25.4. The molecule has 1 fully saturated rings. The summed E-state index contributed by atoms with van der Waals surface area (Å²) in [4.78, 5) is 32.8. The third-order valence-electron chi connectivity index (χ3n) is 7.59. The monoisotopic (exact) mass is 622 g/mol. The van der Waals surface area contributed by atoms with E-state index in [0.29, 0.717) is 62.3 Å². The molecule has 0 unspecified atom stereocenters. The van der Waals surface area contributed by atoms with Crippen molar-refractivity contribution in [1.29, 1.82) is 0 Å². The Morgan fingerprint density at radius 3 is 2.48 bits per heavy atom. The Morgan fingerprint density at radius 1 is 1.02 bits per heavy atom. The van der Waals surface area contributed by atoms with E-state index >= 15 is 0 Å². The fourth-order valence-corrected chi connectivity index (χ4v) is 6.63. The number of piperazine rings is 1. The van der Waals surface area contributed by atoms with Crippen molar-refractivity contribution in [3.8, 4) is 5.75 Å². The summed E-state index contributed by atoms with van der Waals surface area (Å²) in [5.74, 6) is -1.62. The molecule has 232 valence electrons. The van der Waals surface area contributed by atoms with Crippen LogP contribution in [0, 0.1) is 5.82 Å². The van der Waals surface area contributed by atoms with Crippen LogP contribution in [0.25, 0.3) is 11.0 Å². The molecule has 44 heavy (non-hydrogen) atoms. The highest BCUT2D eigenvalue weighted by atomic mass is 32.2. The first kappa shape index (κ1) is 31.1. The number of carbonyl (C=O) groups is 2. The van der Waals surface area contributed by atoms with Crippen LogP contribution in [0.4, 0.5) is 10.1 Å². The highest BCUT2D eigenvalue weighted by Crippen LogP contribution is 2.29. The van der Waals surface area contributed by atoms with Crippen LogP contribution in [0.15, 0.2) is 65.8 Å². The molecule has 1 aliphatic rings. The standard InChI is InChI=1S/C31H35FN6O5S/c1-3-14-43-29-9-8-23(44(41,42)38-12-10-36(4-2)11-13-38)16-25(29)31(40)35-26-18-27-28(17-24(26)30(33)39)37(20-34-27)19-21-6-5-7-22(32)15-21/h5-9,15-18,20H,3-4,10-14,19H2,1-2H3,(H2,33,39)(H,35,40). The number of nitrogens with one attached hydrogen (secondary N) is 1. The van der Waals surface area contributed by atoms with Crippen LogP contribution in [0.1, 0.15) is 46.5 Å². The lowest BCUT2D eigenvalue weighted by molar-refractivity contribution is 0.100. The van der Waals surface area contributed by atoms with Gasteiger partial charge in [-0.15, -0.1) is 0 Å². The van der Waals surface area contributed by atoms with Crippen LogP contribution in [0.3, 0.4) is 0 Å². The van der Waals surface area contributed by atoms with Crippen LogP contribution < -0.4 is 15.8 Å². The summed E-state index contributed by atoms with van der Waals surface area (Å²) in [5.41, 5.74) is 7.57. The van der Waals surface area contributed by atoms with E-state index in [1.807, 2.05) is 13.8 Å². The third-order valence-corrected chi connectivity index (χ3v) is 9.48. The molecule has 5 rings (SSSR count). The number of amides is 2. The van der Waals surface area contributed by atoms with E-state index in [2.05, 4.69) is 15.2 Å². The van der Waals surface area contributed by atoms with Crippen molar-refractivity contribution in [1.82, 2.24) is 18.8 Å². The van der Waals surface area contributed by atoms with Gasteiger partial charge < -0.3 is 25.3 Å². The summed E-state index contributed by atoms with van der Waals surface area (Å²) in [7, 11) is -3.88. The molecule has 11 nitrogen and oxygen atoms in total. The zero-order valence-electron chi connectivity index (χ0n) is 24.6. The maximum Gasteiger partial charge on any atom is 0.259 e. The van der Waals surface area contributed by atoms with Crippen LogP contribution >= 0.6 is 0 Å². The number of primary amides is 1. The van der Waals surface area contributed by atoms with Crippen LogP contribution in [-0.2, 0) is 16.6 Å². The second-order valence-corrected chi connectivity index (χ2v) is 12.5. The Labute approximate surface area is 255 Å². The summed E-state index contributed by atoms with van der Waals surface area (Å²) in [6, 6.07) is 13.4. The number of ether oxygens (including phenoxy) is 1. The van der Waals surface area contributed by atoms with Gasteiger partial charge in [0.1, 0.15) is 11.6 Å². The predicted molar refractivity (Wildman–Crippen MR) is 165 cm³/mol. The van der Waals surface area contributed by atoms with E-state index in [4.69, 9.17) is 10.5 Å². The summed E-state index contributed by atoms with van der Waals surface area (Å²) in [5, 5.41) is 2.72. The van der Waals surface area contributed by atoms with Gasteiger partial charge in [0.15, 0.2) is 0 Å². The molecule has 0 spiro atoms. The minimum atomic E-state index is -3.88. The molecule has 0 radical (unpaired) electrons. The Morgan fingerprint density at radius 2 is 1.80 bits per heavy atom. The topological polar surface area (TPSA) is 140 Å². The van der Waals surface area contributed by atoms with Gasteiger partial charge in [-0.1, -0.05) is 26.0 Å². The number of aromatic nitrogens is 2. The van der Waals surface area contributed by atoms with E-state index < -0.39 is 21.8 Å². The van der Waals surface area contributed by atoms with Crippen molar-refractivity contribution in [2.45, 2.75) is 31.7 Å². The van der Waals surface area contributed by atoms with Gasteiger partial charge in [0, 0.05) is 32.7 Å². The van der Waals surface area contributed by atoms with Crippen LogP contribution in [0.2, 0.25) is 0 Å². The van der Waals surface area contributed by atoms with Gasteiger partial charge >= 0.3 is 0 Å². The fraction of sp³-hybridized carbons (Fsp3) is 0.323. The van der Waals surface area contributed by atoms with Gasteiger partial charge in [-0.25, -0.2) is 17.8 Å². The zero-order chi connectivity index (χ0) is 31.4. The molecule has 2 amide bonds. The number of halogens is 1. The number of nitrogens with zero attached hydrogens (tertiary/aromatic N) is 4. The van der Waals surface area contributed by atoms with Gasteiger partial charge in [0.25, 0.3) is 11.8 Å². The van der Waals surface area contributed by atoms with Crippen molar-refractivity contribution >= 4 is 38.6 Å². The first-order valence-corrected chi connectivity index (χ1v) is 15.9. The number of nitrogens with two attached hydrogens (primary N) is 1. The summed E-state index contributed by atoms with van der Waals surface area (Å²) < 4.78 is 49.7. The Hall–Kier alpha value is -4.33. The van der Waals surface area contributed by atoms with Gasteiger partial charge in [0.2, 0.25) is 10.0 Å². The van der Waals surface area contributed by atoms with Crippen LogP contribution in [-0.4, -0.2) is 78.3 Å². The van der Waals surface area contributed by atoms with E-state index in [1.54, 1.807) is 23.0 Å². The quantitative estimate of drug-likeness (QED) is 0.260. The molecule has 13 heteroatoms. The number of carbonyl (C=O) groups excluding carboxylic acids is 2. The number of fused-ring (bicyclic) bond motifs is 1. The largest absolute Gasteiger partial charge is 0.493 e. The first-order valence-electron chi connectivity index (χ1n) is 14.4. The van der Waals surface area contributed by atoms with E-state index in [1.165, 1.54) is 46.8 Å². The maximum absolute atomic E-state index is 13.7. The number of anilines is 1. The second kappa shape index (κ2) is 13.1. The molecule has 2 heterocycles. The highest BCUT2D eigenvalue weighted by molar-refractivity contribution is 7.89. The molecule has 3 N–H and O–H groups in total. The van der Waals surface area contributed by atoms with E-state index in [9.17, 15) is 22.4 Å². The molecule has 0 bridgehead atoms. The number of sulfonamides is 1. The van der Waals surface area contributed by atoms with Gasteiger partial charge in [-0.3, -0.25) is 9.59 Å². The molecule has 0 aliphatic carbocycles. The lowest BCUT2D eigenvalue weighted by Gasteiger charge is -2.33. The normalized spacial score (nSPS) is 14.5. The van der Waals surface area contributed by atoms with Gasteiger partial charge in [-0.05, 0) is 61.0 Å². The molecule has 1 saturated heterocycles. The van der Waals surface area contributed by atoms with Gasteiger partial charge in [-0.2, -0.15) is 4.31 Å². The summed E-state index contributed by atoms with van der Waals surface area (Å²) in [6.45, 7) is 7.33. The minimum absolute atomic E-state index is 0.00105. The molecule has 3 aromatic carbocycles. The van der Waals surface area contributed by atoms with Crippen molar-refractivity contribution in [2.75, 3.05) is 44.6 Å². The number of benzene rings is 3. The fourth-order valence-electron chi connectivity index (χ4n) is 5.18. The SMILES string of the molecule is CCCOc1ccc(S(=O)(=O)N2CCN(CC)CC2)cc1C(=O)Nc1cc2ncn(Cc3cccc(F)c3)c2cc1C(N)=O. The summed E-state index contributed by atoms with van der Waals surface area (Å²) in [6.07, 6.45) is 2.22. The molecular formula is C31H35FN6O5S. The lowest BCUT2D eigenvalue weighted by Crippen LogP contribution is -2.48. The number of likely N-dealkylation sites (N-methyl/N-ethyl adjacent to an activating group) is 1. The molecule has 4 aromatic rings. The molecule has 0 saturated carbocycles. The van der Waals surface area contributed by atoms with Crippen molar-refractivity contribution in [3.05, 3.63) is 83.4 Å². The Balaban J connectivity index is 1.47. The minimum Gasteiger partial charge on any atom is -0.493 e. The van der Waals surface area contributed by atoms with Gasteiger partial charge in [0.05, 0.1) is 45.7 Å². The Kier molecular flexibility index (Phi) is 9.28. The molecule has 1 aromatic heterocycles. The first-order chi connectivity index (χ1) is 21.1. The number of imidazole rings is 1. The highest BCUT2D eigenvalue weighted by Gasteiger charge is 2.30. The second-order valence-electron chi connectivity index (χ2n) is 10.6. The Bertz CT molecular complexity index is 1800. The molecule has 0 atom stereocenters. The predicted octanol–water partition coefficient (Wildman–Crippen LogP) is 3.69. The maximum atomic E-state index is 13.7. The van der Waals surface area contributed by atoms with Crippen LogP contribution in [0.5, 0.6) is 5.75 Å². The van der Waals surface area contributed by atoms with Crippen molar-refractivity contribution in [2.24, 2.45) is 5.73 Å². The molecular weight excluding hydrogens is 587 g/mol. The van der Waals surface area contributed by atoms with E-state index in [0.717, 1.165) is 6.54 Å². The average Bonchev–Trinajstić information content (AvgIpc) is 3.40. The lowest BCUT2D eigenvalue weighted by atomic mass is 10.1. The number of hydrogen-bond donors (Lipinski definition) is 2. The number of hydrogen-bond acceptors (Lipinski definition) is 7. The summed E-state index contributed by atoms with van der Waals surface area (Å²) >= 11 is 0. The van der Waals surface area contributed by atoms with Crippen molar-refractivity contribution in [3.63, 3.8) is 0 Å². The third kappa shape index (κ3) is 6.59. The smallest absolute Gasteiger partial charge is 0.259 e.